The average molecular weight is 212 g/mol. The molecule has 1 atom stereocenters. The van der Waals surface area contributed by atoms with Crippen LogP contribution in [0.2, 0.25) is 0 Å². The molecule has 2 rings (SSSR count). The predicted octanol–water partition coefficient (Wildman–Crippen LogP) is 2.59. The average Bonchev–Trinajstić information content (AvgIpc) is 2.34. The molecule has 1 aliphatic rings. The normalized spacial score (nSPS) is 23.6. The second kappa shape index (κ2) is 4.96. The Morgan fingerprint density at radius 3 is 2.75 bits per heavy atom. The summed E-state index contributed by atoms with van der Waals surface area (Å²) in [4.78, 5) is 0. The summed E-state index contributed by atoms with van der Waals surface area (Å²) < 4.78 is 0. The van der Waals surface area contributed by atoms with Gasteiger partial charge in [0.25, 0.3) is 0 Å². The van der Waals surface area contributed by atoms with Gasteiger partial charge in [0.1, 0.15) is 0 Å². The molecule has 1 aliphatic heterocycles. The number of benzene rings is 1. The van der Waals surface area contributed by atoms with Gasteiger partial charge >= 0.3 is 0 Å². The lowest BCUT2D eigenvalue weighted by Crippen LogP contribution is -2.30. The predicted molar refractivity (Wildman–Crippen MR) is 65.6 cm³/mol. The highest BCUT2D eigenvalue weighted by atomic mass is 14.9. The summed E-state index contributed by atoms with van der Waals surface area (Å²) in [5.41, 5.74) is 3.22. The molecule has 2 heteroatoms. The van der Waals surface area contributed by atoms with Gasteiger partial charge in [-0.1, -0.05) is 37.3 Å². The van der Waals surface area contributed by atoms with Crippen LogP contribution in [-0.2, 0) is 0 Å². The van der Waals surface area contributed by atoms with Gasteiger partial charge in [0.05, 0.1) is 11.6 Å². The Bertz CT molecular complexity index is 426. The second-order valence-electron chi connectivity index (χ2n) is 4.23. The minimum Gasteiger partial charge on any atom is -0.316 e. The topological polar surface area (TPSA) is 35.8 Å². The van der Waals surface area contributed by atoms with Crippen LogP contribution >= 0.6 is 0 Å². The van der Waals surface area contributed by atoms with Crippen molar-refractivity contribution < 1.29 is 0 Å². The van der Waals surface area contributed by atoms with E-state index in [1.165, 1.54) is 5.57 Å². The summed E-state index contributed by atoms with van der Waals surface area (Å²) in [6.45, 7) is 4.15. The highest BCUT2D eigenvalue weighted by Crippen LogP contribution is 2.27. The fourth-order valence-electron chi connectivity index (χ4n) is 2.21. The molecule has 1 heterocycles. The minimum atomic E-state index is 0.462. The summed E-state index contributed by atoms with van der Waals surface area (Å²) in [5.74, 6) is 0.462. The van der Waals surface area contributed by atoms with Crippen LogP contribution in [0.3, 0.4) is 0 Å². The summed E-state index contributed by atoms with van der Waals surface area (Å²) in [6, 6.07) is 12.4. The van der Waals surface area contributed by atoms with Crippen LogP contribution < -0.4 is 5.32 Å². The number of hydrogen-bond donors (Lipinski definition) is 1. The molecule has 0 spiro atoms. The molecule has 16 heavy (non-hydrogen) atoms. The van der Waals surface area contributed by atoms with Crippen LogP contribution in [0, 0.1) is 17.2 Å². The van der Waals surface area contributed by atoms with E-state index in [9.17, 15) is 5.26 Å². The van der Waals surface area contributed by atoms with Gasteiger partial charge in [0, 0.05) is 6.54 Å². The first-order chi connectivity index (χ1) is 7.83. The van der Waals surface area contributed by atoms with Crippen LogP contribution in [0.1, 0.15) is 18.9 Å². The number of nitriles is 1. The molecule has 0 aromatic heterocycles. The van der Waals surface area contributed by atoms with E-state index in [0.29, 0.717) is 5.92 Å². The van der Waals surface area contributed by atoms with Gasteiger partial charge in [-0.15, -0.1) is 0 Å². The molecule has 0 amide bonds. The van der Waals surface area contributed by atoms with Crippen molar-refractivity contribution in [1.29, 1.82) is 5.26 Å². The Labute approximate surface area is 96.6 Å². The minimum absolute atomic E-state index is 0.462. The monoisotopic (exact) mass is 212 g/mol. The third-order valence-electron chi connectivity index (χ3n) is 3.11. The summed E-state index contributed by atoms with van der Waals surface area (Å²) in [5, 5.41) is 12.7. The lowest BCUT2D eigenvalue weighted by Gasteiger charge is -2.24. The second-order valence-corrected chi connectivity index (χ2v) is 4.23. The Balaban J connectivity index is 2.42. The molecule has 1 aromatic carbocycles. The van der Waals surface area contributed by atoms with Crippen molar-refractivity contribution in [2.45, 2.75) is 13.3 Å². The van der Waals surface area contributed by atoms with E-state index in [1.54, 1.807) is 0 Å². The number of rotatable bonds is 1. The number of piperidine rings is 1. The number of hydrogen-bond acceptors (Lipinski definition) is 2. The highest BCUT2D eigenvalue weighted by Gasteiger charge is 2.18. The van der Waals surface area contributed by atoms with E-state index < -0.39 is 0 Å². The van der Waals surface area contributed by atoms with Gasteiger partial charge < -0.3 is 5.32 Å². The Kier molecular flexibility index (Phi) is 3.38. The van der Waals surface area contributed by atoms with Crippen molar-refractivity contribution in [2.24, 2.45) is 5.92 Å². The fraction of sp³-hybridized carbons (Fsp3) is 0.357. The number of nitrogens with zero attached hydrogens (tertiary/aromatic N) is 1. The van der Waals surface area contributed by atoms with E-state index >= 15 is 0 Å². The van der Waals surface area contributed by atoms with Gasteiger partial charge in [-0.3, -0.25) is 0 Å². The molecule has 1 unspecified atom stereocenters. The summed E-state index contributed by atoms with van der Waals surface area (Å²) >= 11 is 0. The maximum atomic E-state index is 9.32. The fourth-order valence-corrected chi connectivity index (χ4v) is 2.21. The molecule has 1 saturated heterocycles. The molecule has 0 saturated carbocycles. The van der Waals surface area contributed by atoms with E-state index in [1.807, 2.05) is 30.3 Å². The smallest absolute Gasteiger partial charge is 0.0997 e. The zero-order chi connectivity index (χ0) is 11.4. The molecular weight excluding hydrogens is 196 g/mol. The van der Waals surface area contributed by atoms with E-state index in [2.05, 4.69) is 18.3 Å². The maximum Gasteiger partial charge on any atom is 0.0997 e. The molecular formula is C14H16N2. The van der Waals surface area contributed by atoms with Gasteiger partial charge in [-0.25, -0.2) is 0 Å². The molecule has 1 fully saturated rings. The van der Waals surface area contributed by atoms with E-state index in [4.69, 9.17) is 0 Å². The van der Waals surface area contributed by atoms with E-state index in [-0.39, 0.29) is 0 Å². The summed E-state index contributed by atoms with van der Waals surface area (Å²) in [6.07, 6.45) is 0.985. The highest BCUT2D eigenvalue weighted by molar-refractivity contribution is 5.79. The van der Waals surface area contributed by atoms with Crippen molar-refractivity contribution >= 4 is 5.57 Å². The summed E-state index contributed by atoms with van der Waals surface area (Å²) in [7, 11) is 0. The van der Waals surface area contributed by atoms with Crippen molar-refractivity contribution in [3.05, 3.63) is 41.5 Å². The molecule has 82 valence electrons. The Morgan fingerprint density at radius 2 is 2.12 bits per heavy atom. The largest absolute Gasteiger partial charge is 0.316 e. The molecule has 0 bridgehead atoms. The van der Waals surface area contributed by atoms with Crippen LogP contribution in [0.25, 0.3) is 5.57 Å². The molecule has 1 aromatic rings. The molecule has 1 N–H and O–H groups in total. The number of nitrogens with one attached hydrogen (secondary N) is 1. The van der Waals surface area contributed by atoms with Gasteiger partial charge in [-0.05, 0) is 30.0 Å². The first kappa shape index (κ1) is 10.9. The van der Waals surface area contributed by atoms with Crippen molar-refractivity contribution in [3.63, 3.8) is 0 Å². The van der Waals surface area contributed by atoms with Crippen LogP contribution in [-0.4, -0.2) is 13.1 Å². The van der Waals surface area contributed by atoms with Crippen LogP contribution in [0.4, 0.5) is 0 Å². The molecule has 0 radical (unpaired) electrons. The third kappa shape index (κ3) is 2.15. The number of allylic oxidation sites excluding steroid dienone is 1. The molecule has 2 nitrogen and oxygen atoms in total. The van der Waals surface area contributed by atoms with Crippen molar-refractivity contribution in [1.82, 2.24) is 5.32 Å². The first-order valence-corrected chi connectivity index (χ1v) is 5.72. The standard InChI is InChI=1S/C14H16N2/c1-11-10-16-8-7-13(11)14(9-15)12-5-3-2-4-6-12/h2-6,11,16H,7-8,10H2,1H3/b14-13+. The lowest BCUT2D eigenvalue weighted by molar-refractivity contribution is 0.504. The SMILES string of the molecule is CC1CNCC/C1=C(/C#N)c1ccccc1. The van der Waals surface area contributed by atoms with Crippen molar-refractivity contribution in [3.8, 4) is 6.07 Å². The van der Waals surface area contributed by atoms with Crippen molar-refractivity contribution in [2.75, 3.05) is 13.1 Å². The quantitative estimate of drug-likeness (QED) is 0.726. The van der Waals surface area contributed by atoms with Crippen LogP contribution in [0.5, 0.6) is 0 Å². The van der Waals surface area contributed by atoms with E-state index in [0.717, 1.165) is 30.6 Å². The van der Waals surface area contributed by atoms with Gasteiger partial charge in [0.2, 0.25) is 0 Å². The first-order valence-electron chi connectivity index (χ1n) is 5.72. The maximum absolute atomic E-state index is 9.32. The van der Waals surface area contributed by atoms with Gasteiger partial charge in [0.15, 0.2) is 0 Å². The third-order valence-corrected chi connectivity index (χ3v) is 3.11. The zero-order valence-electron chi connectivity index (χ0n) is 9.53. The Morgan fingerprint density at radius 1 is 1.38 bits per heavy atom. The lowest BCUT2D eigenvalue weighted by atomic mass is 9.88. The molecule has 0 aliphatic carbocycles. The zero-order valence-corrected chi connectivity index (χ0v) is 9.53. The van der Waals surface area contributed by atoms with Crippen LogP contribution in [0.15, 0.2) is 35.9 Å². The van der Waals surface area contributed by atoms with Gasteiger partial charge in [-0.2, -0.15) is 5.26 Å². The Hall–Kier alpha value is -1.59.